The third-order valence-corrected chi connectivity index (χ3v) is 5.89. The Kier molecular flexibility index (Phi) is 8.55. The summed E-state index contributed by atoms with van der Waals surface area (Å²) in [6.07, 6.45) is 7.92. The van der Waals surface area contributed by atoms with Crippen LogP contribution in [0.1, 0.15) is 79.1 Å². The number of rotatable bonds is 12. The quantitative estimate of drug-likeness (QED) is 0.484. The molecule has 0 aromatic rings. The first-order valence-corrected chi connectivity index (χ1v) is 11.1. The summed E-state index contributed by atoms with van der Waals surface area (Å²) in [7, 11) is 0. The predicted octanol–water partition coefficient (Wildman–Crippen LogP) is 3.72. The fraction of sp³-hybridized carbons (Fsp3) is 0.905. The molecule has 2 aliphatic rings. The number of urea groups is 1. The zero-order chi connectivity index (χ0) is 19.9. The lowest BCUT2D eigenvalue weighted by atomic mass is 9.96. The number of carbonyl (C=O) groups is 2. The first-order chi connectivity index (χ1) is 13.0. The molecule has 0 aromatic heterocycles. The van der Waals surface area contributed by atoms with Gasteiger partial charge in [0.15, 0.2) is 0 Å². The van der Waals surface area contributed by atoms with Crippen LogP contribution in [0.5, 0.6) is 0 Å². The monoisotopic (exact) mass is 380 g/mol. The SMILES string of the molecule is CCCN(CCC)CN1C(=O)N(CN(CCC)CCC)C2(CCCC2)C1=O. The third kappa shape index (κ3) is 4.83. The van der Waals surface area contributed by atoms with Crippen molar-refractivity contribution in [3.05, 3.63) is 0 Å². The van der Waals surface area contributed by atoms with Crippen molar-refractivity contribution in [2.45, 2.75) is 84.6 Å². The number of nitrogens with zero attached hydrogens (tertiary/aromatic N) is 4. The van der Waals surface area contributed by atoms with Crippen molar-refractivity contribution in [2.75, 3.05) is 39.5 Å². The van der Waals surface area contributed by atoms with Gasteiger partial charge in [0.1, 0.15) is 5.54 Å². The molecule has 6 heteroatoms. The highest BCUT2D eigenvalue weighted by Crippen LogP contribution is 2.42. The number of carbonyl (C=O) groups excluding carboxylic acids is 2. The van der Waals surface area contributed by atoms with Crippen molar-refractivity contribution in [2.24, 2.45) is 0 Å². The van der Waals surface area contributed by atoms with Gasteiger partial charge in [-0.15, -0.1) is 0 Å². The van der Waals surface area contributed by atoms with E-state index in [0.717, 1.165) is 77.5 Å². The molecule has 0 aromatic carbocycles. The van der Waals surface area contributed by atoms with Gasteiger partial charge in [-0.2, -0.15) is 0 Å². The van der Waals surface area contributed by atoms with Crippen LogP contribution in [-0.4, -0.2) is 76.6 Å². The zero-order valence-corrected chi connectivity index (χ0v) is 18.0. The first-order valence-electron chi connectivity index (χ1n) is 11.1. The van der Waals surface area contributed by atoms with E-state index in [-0.39, 0.29) is 11.9 Å². The third-order valence-electron chi connectivity index (χ3n) is 5.89. The summed E-state index contributed by atoms with van der Waals surface area (Å²) in [5.41, 5.74) is -0.582. The molecule has 1 aliphatic carbocycles. The van der Waals surface area contributed by atoms with E-state index in [2.05, 4.69) is 37.5 Å². The van der Waals surface area contributed by atoms with Crippen molar-refractivity contribution in [1.82, 2.24) is 19.6 Å². The van der Waals surface area contributed by atoms with Crippen molar-refractivity contribution in [3.63, 3.8) is 0 Å². The second-order valence-electron chi connectivity index (χ2n) is 8.20. The molecule has 2 fully saturated rings. The van der Waals surface area contributed by atoms with Crippen molar-refractivity contribution in [1.29, 1.82) is 0 Å². The van der Waals surface area contributed by atoms with Crippen LogP contribution >= 0.6 is 0 Å². The minimum absolute atomic E-state index is 0.0511. The lowest BCUT2D eigenvalue weighted by Gasteiger charge is -2.35. The maximum atomic E-state index is 13.4. The Morgan fingerprint density at radius 3 is 1.67 bits per heavy atom. The van der Waals surface area contributed by atoms with E-state index in [9.17, 15) is 9.59 Å². The van der Waals surface area contributed by atoms with Gasteiger partial charge in [0, 0.05) is 0 Å². The minimum atomic E-state index is -0.582. The van der Waals surface area contributed by atoms with Crippen molar-refractivity contribution >= 4 is 11.9 Å². The van der Waals surface area contributed by atoms with Crippen LogP contribution < -0.4 is 0 Å². The summed E-state index contributed by atoms with van der Waals surface area (Å²) < 4.78 is 0. The summed E-state index contributed by atoms with van der Waals surface area (Å²) >= 11 is 0. The Labute approximate surface area is 165 Å². The van der Waals surface area contributed by atoms with Gasteiger partial charge in [-0.05, 0) is 64.7 Å². The second-order valence-corrected chi connectivity index (χ2v) is 8.20. The van der Waals surface area contributed by atoms with Crippen LogP contribution in [0.25, 0.3) is 0 Å². The van der Waals surface area contributed by atoms with Gasteiger partial charge in [0.05, 0.1) is 13.3 Å². The summed E-state index contributed by atoms with van der Waals surface area (Å²) in [4.78, 5) is 34.8. The average Bonchev–Trinajstić information content (AvgIpc) is 3.20. The molecule has 1 aliphatic heterocycles. The van der Waals surface area contributed by atoms with Crippen LogP contribution in [0.2, 0.25) is 0 Å². The molecule has 0 unspecified atom stereocenters. The Hall–Kier alpha value is -1.14. The summed E-state index contributed by atoms with van der Waals surface area (Å²) in [5, 5.41) is 0. The molecular formula is C21H40N4O2. The van der Waals surface area contributed by atoms with Crippen LogP contribution in [0.3, 0.4) is 0 Å². The second kappa shape index (κ2) is 10.4. The molecule has 6 nitrogen and oxygen atoms in total. The van der Waals surface area contributed by atoms with Crippen molar-refractivity contribution in [3.8, 4) is 0 Å². The van der Waals surface area contributed by atoms with Gasteiger partial charge < -0.3 is 0 Å². The topological polar surface area (TPSA) is 47.1 Å². The fourth-order valence-corrected chi connectivity index (χ4v) is 4.72. The van der Waals surface area contributed by atoms with E-state index in [1.807, 2.05) is 4.90 Å². The molecule has 1 heterocycles. The highest BCUT2D eigenvalue weighted by Gasteiger charge is 2.58. The lowest BCUT2D eigenvalue weighted by molar-refractivity contribution is -0.135. The van der Waals surface area contributed by atoms with Gasteiger partial charge >= 0.3 is 6.03 Å². The standard InChI is InChI=1S/C21H40N4O2/c1-5-13-22(14-6-2)17-24-19(26)21(11-9-10-12-21)25(20(24)27)18-23(15-7-3)16-8-4/h5-18H2,1-4H3. The molecule has 0 bridgehead atoms. The Morgan fingerprint density at radius 2 is 1.22 bits per heavy atom. The van der Waals surface area contributed by atoms with Crippen LogP contribution in [-0.2, 0) is 4.79 Å². The fourth-order valence-electron chi connectivity index (χ4n) is 4.72. The van der Waals surface area contributed by atoms with E-state index in [1.54, 1.807) is 4.90 Å². The lowest BCUT2D eigenvalue weighted by Crippen LogP contribution is -2.52. The number of hydrogen-bond donors (Lipinski definition) is 0. The van der Waals surface area contributed by atoms with Crippen LogP contribution in [0, 0.1) is 0 Å². The highest BCUT2D eigenvalue weighted by molar-refractivity contribution is 6.07. The summed E-state index contributed by atoms with van der Waals surface area (Å²) in [5.74, 6) is 0.0511. The van der Waals surface area contributed by atoms with E-state index in [1.165, 1.54) is 0 Å². The molecule has 3 amide bonds. The molecular weight excluding hydrogens is 340 g/mol. The first kappa shape index (κ1) is 22.2. The zero-order valence-electron chi connectivity index (χ0n) is 18.0. The van der Waals surface area contributed by atoms with E-state index in [4.69, 9.17) is 0 Å². The van der Waals surface area contributed by atoms with E-state index in [0.29, 0.717) is 13.3 Å². The minimum Gasteiger partial charge on any atom is -0.297 e. The van der Waals surface area contributed by atoms with Crippen LogP contribution in [0.15, 0.2) is 0 Å². The van der Waals surface area contributed by atoms with E-state index < -0.39 is 5.54 Å². The highest BCUT2D eigenvalue weighted by atomic mass is 16.2. The van der Waals surface area contributed by atoms with Crippen LogP contribution in [0.4, 0.5) is 4.79 Å². The molecule has 1 spiro atoms. The summed E-state index contributed by atoms with van der Waals surface area (Å²) in [6, 6.07) is -0.0729. The smallest absolute Gasteiger partial charge is 0.297 e. The Bertz CT molecular complexity index is 479. The largest absolute Gasteiger partial charge is 0.329 e. The van der Waals surface area contributed by atoms with Gasteiger partial charge in [-0.1, -0.05) is 40.5 Å². The molecule has 1 saturated heterocycles. The summed E-state index contributed by atoms with van der Waals surface area (Å²) in [6.45, 7) is 13.5. The maximum absolute atomic E-state index is 13.4. The number of imide groups is 1. The van der Waals surface area contributed by atoms with Gasteiger partial charge in [-0.3, -0.25) is 19.5 Å². The number of hydrogen-bond acceptors (Lipinski definition) is 4. The van der Waals surface area contributed by atoms with Gasteiger partial charge in [0.25, 0.3) is 5.91 Å². The molecule has 0 atom stereocenters. The molecule has 0 N–H and O–H groups in total. The van der Waals surface area contributed by atoms with E-state index >= 15 is 0 Å². The molecule has 27 heavy (non-hydrogen) atoms. The molecule has 2 rings (SSSR count). The molecule has 156 valence electrons. The average molecular weight is 381 g/mol. The van der Waals surface area contributed by atoms with Crippen molar-refractivity contribution < 1.29 is 9.59 Å². The normalized spacial score (nSPS) is 19.5. The number of amides is 3. The molecule has 0 radical (unpaired) electrons. The molecule has 1 saturated carbocycles. The Balaban J connectivity index is 2.21. The van der Waals surface area contributed by atoms with Gasteiger partial charge in [0.2, 0.25) is 0 Å². The predicted molar refractivity (Wildman–Crippen MR) is 109 cm³/mol. The Morgan fingerprint density at radius 1 is 0.778 bits per heavy atom. The van der Waals surface area contributed by atoms with Gasteiger partial charge in [-0.25, -0.2) is 9.69 Å². The maximum Gasteiger partial charge on any atom is 0.329 e.